The Hall–Kier alpha value is -1.82. The zero-order valence-corrected chi connectivity index (χ0v) is 12.2. The van der Waals surface area contributed by atoms with E-state index in [-0.39, 0.29) is 22.5 Å². The Balaban J connectivity index is 2.13. The van der Waals surface area contributed by atoms with Crippen LogP contribution in [0.4, 0.5) is 14.5 Å². The van der Waals surface area contributed by atoms with Gasteiger partial charge in [0.15, 0.2) is 11.5 Å². The number of aromatic hydroxyl groups is 1. The number of hydrogen-bond acceptors (Lipinski definition) is 3. The minimum atomic E-state index is -0.677. The quantitative estimate of drug-likeness (QED) is 0.822. The number of hydrogen-bond donors (Lipinski definition) is 2. The Bertz CT molecular complexity index is 635. The molecule has 0 aliphatic rings. The topological polar surface area (TPSA) is 41.5 Å². The summed E-state index contributed by atoms with van der Waals surface area (Å²) >= 11 is 3.00. The lowest BCUT2D eigenvalue weighted by atomic mass is 10.2. The van der Waals surface area contributed by atoms with Gasteiger partial charge in [0.25, 0.3) is 0 Å². The van der Waals surface area contributed by atoms with Crippen molar-refractivity contribution in [2.45, 2.75) is 6.54 Å². The fourth-order valence-electron chi connectivity index (χ4n) is 1.70. The Morgan fingerprint density at radius 3 is 2.60 bits per heavy atom. The van der Waals surface area contributed by atoms with E-state index in [9.17, 15) is 13.9 Å². The molecule has 20 heavy (non-hydrogen) atoms. The zero-order chi connectivity index (χ0) is 14.7. The fraction of sp³-hybridized carbons (Fsp3) is 0.143. The largest absolute Gasteiger partial charge is 0.504 e. The molecule has 2 aromatic rings. The molecule has 0 radical (unpaired) electrons. The fourth-order valence-corrected chi connectivity index (χ4v) is 2.04. The van der Waals surface area contributed by atoms with E-state index in [1.165, 1.54) is 19.2 Å². The molecular weight excluding hydrogens is 332 g/mol. The van der Waals surface area contributed by atoms with Crippen LogP contribution in [0.2, 0.25) is 0 Å². The van der Waals surface area contributed by atoms with Crippen LogP contribution in [0.15, 0.2) is 34.8 Å². The van der Waals surface area contributed by atoms with E-state index in [0.29, 0.717) is 5.75 Å². The van der Waals surface area contributed by atoms with Crippen LogP contribution in [0.25, 0.3) is 0 Å². The molecule has 2 aromatic carbocycles. The van der Waals surface area contributed by atoms with E-state index in [4.69, 9.17) is 4.74 Å². The van der Waals surface area contributed by atoms with Gasteiger partial charge in [-0.15, -0.1) is 0 Å². The van der Waals surface area contributed by atoms with Crippen LogP contribution in [0.5, 0.6) is 11.5 Å². The molecule has 0 bridgehead atoms. The number of ether oxygens (including phenoxy) is 1. The first-order valence-electron chi connectivity index (χ1n) is 5.75. The monoisotopic (exact) mass is 343 g/mol. The highest BCUT2D eigenvalue weighted by Gasteiger charge is 2.08. The summed E-state index contributed by atoms with van der Waals surface area (Å²) in [7, 11) is 1.46. The first-order chi connectivity index (χ1) is 9.51. The first-order valence-corrected chi connectivity index (χ1v) is 6.55. The lowest BCUT2D eigenvalue weighted by molar-refractivity contribution is 0.373. The van der Waals surface area contributed by atoms with Crippen molar-refractivity contribution in [3.8, 4) is 11.5 Å². The highest BCUT2D eigenvalue weighted by molar-refractivity contribution is 9.10. The van der Waals surface area contributed by atoms with E-state index in [1.807, 2.05) is 0 Å². The maximum Gasteiger partial charge on any atom is 0.160 e. The SMILES string of the molecule is COc1ccc(CNc2cc(Br)c(F)cc2F)cc1O. The van der Waals surface area contributed by atoms with Crippen molar-refractivity contribution in [1.29, 1.82) is 0 Å². The third-order valence-corrected chi connectivity index (χ3v) is 3.34. The molecule has 0 amide bonds. The number of phenols is 1. The molecule has 0 unspecified atom stereocenters. The average molecular weight is 344 g/mol. The molecule has 0 saturated carbocycles. The van der Waals surface area contributed by atoms with Gasteiger partial charge in [0.1, 0.15) is 11.6 Å². The van der Waals surface area contributed by atoms with Gasteiger partial charge in [-0.3, -0.25) is 0 Å². The predicted octanol–water partition coefficient (Wildman–Crippen LogP) is 4.05. The molecule has 0 saturated heterocycles. The van der Waals surface area contributed by atoms with E-state index in [0.717, 1.165) is 11.6 Å². The van der Waals surface area contributed by atoms with Crippen LogP contribution in [0.3, 0.4) is 0 Å². The Kier molecular flexibility index (Phi) is 4.44. The van der Waals surface area contributed by atoms with E-state index in [1.54, 1.807) is 12.1 Å². The predicted molar refractivity (Wildman–Crippen MR) is 76.0 cm³/mol. The second kappa shape index (κ2) is 6.09. The summed E-state index contributed by atoms with van der Waals surface area (Å²) < 4.78 is 31.7. The van der Waals surface area contributed by atoms with Crippen molar-refractivity contribution < 1.29 is 18.6 Å². The van der Waals surface area contributed by atoms with Gasteiger partial charge in [-0.25, -0.2) is 8.78 Å². The Morgan fingerprint density at radius 1 is 1.20 bits per heavy atom. The Labute approximate surface area is 123 Å². The molecular formula is C14H12BrF2NO2. The van der Waals surface area contributed by atoms with Crippen LogP contribution in [-0.4, -0.2) is 12.2 Å². The zero-order valence-electron chi connectivity index (χ0n) is 10.6. The number of benzene rings is 2. The highest BCUT2D eigenvalue weighted by atomic mass is 79.9. The van der Waals surface area contributed by atoms with E-state index < -0.39 is 11.6 Å². The first kappa shape index (κ1) is 14.6. The summed E-state index contributed by atoms with van der Waals surface area (Å²) in [5, 5.41) is 12.5. The maximum atomic E-state index is 13.5. The lowest BCUT2D eigenvalue weighted by Crippen LogP contribution is -2.02. The maximum absolute atomic E-state index is 13.5. The van der Waals surface area contributed by atoms with Gasteiger partial charge in [0, 0.05) is 12.6 Å². The number of phenolic OH excluding ortho intramolecular Hbond substituents is 1. The van der Waals surface area contributed by atoms with Crippen molar-refractivity contribution in [3.05, 3.63) is 52.0 Å². The summed E-state index contributed by atoms with van der Waals surface area (Å²) in [6.45, 7) is 0.284. The van der Waals surface area contributed by atoms with Crippen molar-refractivity contribution in [1.82, 2.24) is 0 Å². The molecule has 0 spiro atoms. The van der Waals surface area contributed by atoms with Crippen LogP contribution >= 0.6 is 15.9 Å². The molecule has 6 heteroatoms. The van der Waals surface area contributed by atoms with Crippen molar-refractivity contribution in [3.63, 3.8) is 0 Å². The van der Waals surface area contributed by atoms with Crippen molar-refractivity contribution in [2.24, 2.45) is 0 Å². The minimum absolute atomic E-state index is 0.00700. The molecule has 0 atom stereocenters. The van der Waals surface area contributed by atoms with Crippen molar-refractivity contribution in [2.75, 3.05) is 12.4 Å². The van der Waals surface area contributed by atoms with Crippen LogP contribution in [0, 0.1) is 11.6 Å². The normalized spacial score (nSPS) is 10.4. The van der Waals surface area contributed by atoms with E-state index in [2.05, 4.69) is 21.2 Å². The van der Waals surface area contributed by atoms with Gasteiger partial charge < -0.3 is 15.2 Å². The van der Waals surface area contributed by atoms with Gasteiger partial charge in [0.2, 0.25) is 0 Å². The molecule has 106 valence electrons. The molecule has 3 nitrogen and oxygen atoms in total. The number of nitrogens with one attached hydrogen (secondary N) is 1. The number of halogens is 3. The van der Waals surface area contributed by atoms with Crippen molar-refractivity contribution >= 4 is 21.6 Å². The third kappa shape index (κ3) is 3.19. The molecule has 0 heterocycles. The van der Waals surface area contributed by atoms with Gasteiger partial charge in [-0.1, -0.05) is 6.07 Å². The van der Waals surface area contributed by atoms with E-state index >= 15 is 0 Å². The van der Waals surface area contributed by atoms with Gasteiger partial charge in [-0.2, -0.15) is 0 Å². The van der Waals surface area contributed by atoms with Crippen LogP contribution in [-0.2, 0) is 6.54 Å². The summed E-state index contributed by atoms with van der Waals surface area (Å²) in [4.78, 5) is 0. The smallest absolute Gasteiger partial charge is 0.160 e. The molecule has 0 aliphatic carbocycles. The van der Waals surface area contributed by atoms with Crippen LogP contribution < -0.4 is 10.1 Å². The highest BCUT2D eigenvalue weighted by Crippen LogP contribution is 2.27. The summed E-state index contributed by atoms with van der Waals surface area (Å²) in [6.07, 6.45) is 0. The Morgan fingerprint density at radius 2 is 1.95 bits per heavy atom. The summed E-state index contributed by atoms with van der Waals surface area (Å²) in [5.41, 5.74) is 0.914. The number of rotatable bonds is 4. The number of methoxy groups -OCH3 is 1. The number of anilines is 1. The summed E-state index contributed by atoms with van der Waals surface area (Å²) in [5.74, 6) is -0.962. The molecule has 0 aliphatic heterocycles. The summed E-state index contributed by atoms with van der Waals surface area (Å²) in [6, 6.07) is 7.00. The molecule has 0 aromatic heterocycles. The average Bonchev–Trinajstić information content (AvgIpc) is 2.41. The van der Waals surface area contributed by atoms with Gasteiger partial charge >= 0.3 is 0 Å². The molecule has 2 N–H and O–H groups in total. The molecule has 0 fully saturated rings. The lowest BCUT2D eigenvalue weighted by Gasteiger charge is -2.10. The standard InChI is InChI=1S/C14H12BrF2NO2/c1-20-14-3-2-8(4-13(14)19)7-18-12-5-9(15)10(16)6-11(12)17/h2-6,18-19H,7H2,1H3. The second-order valence-corrected chi connectivity index (χ2v) is 4.96. The second-order valence-electron chi connectivity index (χ2n) is 4.11. The van der Waals surface area contributed by atoms with Gasteiger partial charge in [0.05, 0.1) is 17.3 Å². The van der Waals surface area contributed by atoms with Crippen LogP contribution in [0.1, 0.15) is 5.56 Å². The minimum Gasteiger partial charge on any atom is -0.504 e. The molecule has 2 rings (SSSR count). The third-order valence-electron chi connectivity index (χ3n) is 2.74. The van der Waals surface area contributed by atoms with Gasteiger partial charge in [-0.05, 0) is 39.7 Å².